The molecule has 0 atom stereocenters. The van der Waals surface area contributed by atoms with Crippen LogP contribution in [0.1, 0.15) is 32.3 Å². The molecule has 2 nitrogen and oxygen atoms in total. The van der Waals surface area contributed by atoms with Gasteiger partial charge in [0.25, 0.3) is 0 Å². The molecule has 0 heterocycles. The lowest BCUT2D eigenvalue weighted by Crippen LogP contribution is -2.18. The van der Waals surface area contributed by atoms with Gasteiger partial charge < -0.3 is 5.32 Å². The number of rotatable bonds is 4. The number of halogens is 2. The topological polar surface area (TPSA) is 35.8 Å². The zero-order valence-corrected chi connectivity index (χ0v) is 10.9. The molecule has 0 spiro atoms. The average Bonchev–Trinajstić information content (AvgIpc) is 2.31. The quantitative estimate of drug-likeness (QED) is 0.905. The predicted octanol–water partition coefficient (Wildman–Crippen LogP) is 4.06. The predicted molar refractivity (Wildman–Crippen MR) is 66.8 cm³/mol. The van der Waals surface area contributed by atoms with Crippen LogP contribution in [0.2, 0.25) is 0 Å². The van der Waals surface area contributed by atoms with Crippen LogP contribution < -0.4 is 5.32 Å². The van der Waals surface area contributed by atoms with E-state index in [0.29, 0.717) is 11.3 Å². The first-order valence-corrected chi connectivity index (χ1v) is 6.07. The maximum atomic E-state index is 13.8. The van der Waals surface area contributed by atoms with Gasteiger partial charge in [-0.25, -0.2) is 4.39 Å². The van der Waals surface area contributed by atoms with Crippen LogP contribution in [0.15, 0.2) is 16.6 Å². The summed E-state index contributed by atoms with van der Waals surface area (Å²) in [5.74, 6) is -0.397. The lowest BCUT2D eigenvalue weighted by atomic mass is 10.1. The summed E-state index contributed by atoms with van der Waals surface area (Å²) in [4.78, 5) is 0. The number of anilines is 1. The van der Waals surface area contributed by atoms with Gasteiger partial charge in [-0.1, -0.05) is 13.8 Å². The fourth-order valence-corrected chi connectivity index (χ4v) is 1.89. The molecule has 4 heteroatoms. The lowest BCUT2D eigenvalue weighted by Gasteiger charge is -2.17. The standard InChI is InChI=1S/C12H14BrFN2/c1-3-9(4-2)16-10-6-5-8(7-15)11(13)12(10)14/h5-6,9,16H,3-4H2,1-2H3. The van der Waals surface area contributed by atoms with E-state index in [0.717, 1.165) is 12.8 Å². The molecule has 1 N–H and O–H groups in total. The van der Waals surface area contributed by atoms with Crippen LogP contribution in [-0.2, 0) is 0 Å². The van der Waals surface area contributed by atoms with Crippen molar-refractivity contribution in [1.29, 1.82) is 5.26 Å². The average molecular weight is 285 g/mol. The fraction of sp³-hybridized carbons (Fsp3) is 0.417. The van der Waals surface area contributed by atoms with Gasteiger partial charge in [-0.15, -0.1) is 0 Å². The van der Waals surface area contributed by atoms with Crippen molar-refractivity contribution >= 4 is 21.6 Å². The van der Waals surface area contributed by atoms with Crippen LogP contribution in [0.25, 0.3) is 0 Å². The minimum atomic E-state index is -0.397. The third kappa shape index (κ3) is 2.73. The van der Waals surface area contributed by atoms with E-state index >= 15 is 0 Å². The SMILES string of the molecule is CCC(CC)Nc1ccc(C#N)c(Br)c1F. The van der Waals surface area contributed by atoms with E-state index in [1.807, 2.05) is 6.07 Å². The highest BCUT2D eigenvalue weighted by atomic mass is 79.9. The van der Waals surface area contributed by atoms with Gasteiger partial charge in [0.15, 0.2) is 5.82 Å². The molecular formula is C12H14BrFN2. The maximum Gasteiger partial charge on any atom is 0.161 e. The number of hydrogen-bond donors (Lipinski definition) is 1. The Morgan fingerprint density at radius 3 is 2.56 bits per heavy atom. The van der Waals surface area contributed by atoms with Crippen molar-refractivity contribution in [3.05, 3.63) is 28.0 Å². The van der Waals surface area contributed by atoms with Gasteiger partial charge in [-0.2, -0.15) is 5.26 Å². The van der Waals surface area contributed by atoms with E-state index < -0.39 is 5.82 Å². The van der Waals surface area contributed by atoms with Gasteiger partial charge in [0.05, 0.1) is 15.7 Å². The molecule has 0 aliphatic heterocycles. The number of benzene rings is 1. The monoisotopic (exact) mass is 284 g/mol. The number of nitriles is 1. The van der Waals surface area contributed by atoms with Crippen molar-refractivity contribution in [2.75, 3.05) is 5.32 Å². The fourth-order valence-electron chi connectivity index (χ4n) is 1.46. The van der Waals surface area contributed by atoms with Crippen molar-refractivity contribution in [2.24, 2.45) is 0 Å². The molecule has 1 rings (SSSR count). The molecule has 0 bridgehead atoms. The zero-order chi connectivity index (χ0) is 12.1. The van der Waals surface area contributed by atoms with Crippen LogP contribution in [0.3, 0.4) is 0 Å². The van der Waals surface area contributed by atoms with E-state index in [9.17, 15) is 4.39 Å². The Bertz CT molecular complexity index is 408. The Kier molecular flexibility index (Phi) is 4.75. The van der Waals surface area contributed by atoms with E-state index in [-0.39, 0.29) is 10.5 Å². The van der Waals surface area contributed by atoms with E-state index in [1.54, 1.807) is 12.1 Å². The second kappa shape index (κ2) is 5.86. The lowest BCUT2D eigenvalue weighted by molar-refractivity contribution is 0.610. The van der Waals surface area contributed by atoms with E-state index in [1.165, 1.54) is 0 Å². The first kappa shape index (κ1) is 13.0. The van der Waals surface area contributed by atoms with Gasteiger partial charge in [-0.05, 0) is 40.9 Å². The second-order valence-corrected chi connectivity index (χ2v) is 4.35. The molecule has 0 aliphatic carbocycles. The van der Waals surface area contributed by atoms with Crippen LogP contribution in [0.5, 0.6) is 0 Å². The summed E-state index contributed by atoms with van der Waals surface area (Å²) in [6.07, 6.45) is 1.88. The first-order chi connectivity index (χ1) is 7.63. The number of nitrogens with zero attached hydrogens (tertiary/aromatic N) is 1. The third-order valence-electron chi connectivity index (χ3n) is 2.55. The van der Waals surface area contributed by atoms with E-state index in [2.05, 4.69) is 35.1 Å². The molecular weight excluding hydrogens is 271 g/mol. The highest BCUT2D eigenvalue weighted by Crippen LogP contribution is 2.27. The first-order valence-electron chi connectivity index (χ1n) is 5.28. The molecule has 0 fully saturated rings. The molecule has 0 aliphatic rings. The molecule has 86 valence electrons. The Morgan fingerprint density at radius 1 is 1.44 bits per heavy atom. The van der Waals surface area contributed by atoms with Gasteiger partial charge in [0, 0.05) is 6.04 Å². The molecule has 1 aromatic carbocycles. The smallest absolute Gasteiger partial charge is 0.161 e. The minimum absolute atomic E-state index is 0.228. The zero-order valence-electron chi connectivity index (χ0n) is 9.35. The van der Waals surface area contributed by atoms with Crippen LogP contribution in [0.4, 0.5) is 10.1 Å². The number of hydrogen-bond acceptors (Lipinski definition) is 2. The molecule has 0 radical (unpaired) electrons. The summed E-state index contributed by atoms with van der Waals surface area (Å²) < 4.78 is 14.0. The summed E-state index contributed by atoms with van der Waals surface area (Å²) in [6.45, 7) is 4.11. The second-order valence-electron chi connectivity index (χ2n) is 3.56. The normalized spacial score (nSPS) is 10.2. The van der Waals surface area contributed by atoms with Crippen molar-refractivity contribution in [2.45, 2.75) is 32.7 Å². The highest BCUT2D eigenvalue weighted by Gasteiger charge is 2.12. The molecule has 0 unspecified atom stereocenters. The van der Waals surface area contributed by atoms with Gasteiger partial charge >= 0.3 is 0 Å². The van der Waals surface area contributed by atoms with Crippen molar-refractivity contribution < 1.29 is 4.39 Å². The Balaban J connectivity index is 2.99. The molecule has 0 aromatic heterocycles. The molecule has 16 heavy (non-hydrogen) atoms. The molecule has 1 aromatic rings. The number of nitrogens with one attached hydrogen (secondary N) is 1. The summed E-state index contributed by atoms with van der Waals surface area (Å²) >= 11 is 3.09. The van der Waals surface area contributed by atoms with Gasteiger partial charge in [0.2, 0.25) is 0 Å². The van der Waals surface area contributed by atoms with Crippen LogP contribution >= 0.6 is 15.9 Å². The highest BCUT2D eigenvalue weighted by molar-refractivity contribution is 9.10. The summed E-state index contributed by atoms with van der Waals surface area (Å²) in [7, 11) is 0. The largest absolute Gasteiger partial charge is 0.380 e. The van der Waals surface area contributed by atoms with Gasteiger partial charge in [0.1, 0.15) is 6.07 Å². The summed E-state index contributed by atoms with van der Waals surface area (Å²) in [5, 5.41) is 11.9. The van der Waals surface area contributed by atoms with Crippen molar-refractivity contribution in [1.82, 2.24) is 0 Å². The molecule has 0 saturated heterocycles. The summed E-state index contributed by atoms with van der Waals surface area (Å²) in [6, 6.07) is 5.41. The Hall–Kier alpha value is -1.08. The van der Waals surface area contributed by atoms with Crippen LogP contribution in [0, 0.1) is 17.1 Å². The van der Waals surface area contributed by atoms with Crippen LogP contribution in [-0.4, -0.2) is 6.04 Å². The van der Waals surface area contributed by atoms with Crippen molar-refractivity contribution in [3.63, 3.8) is 0 Å². The Labute approximate surface area is 104 Å². The Morgan fingerprint density at radius 2 is 2.06 bits per heavy atom. The third-order valence-corrected chi connectivity index (χ3v) is 3.32. The minimum Gasteiger partial charge on any atom is -0.380 e. The summed E-state index contributed by atoms with van der Waals surface area (Å²) in [5.41, 5.74) is 0.757. The van der Waals surface area contributed by atoms with Crippen molar-refractivity contribution in [3.8, 4) is 6.07 Å². The van der Waals surface area contributed by atoms with E-state index in [4.69, 9.17) is 5.26 Å². The molecule has 0 saturated carbocycles. The molecule has 0 amide bonds. The maximum absolute atomic E-state index is 13.8. The van der Waals surface area contributed by atoms with Gasteiger partial charge in [-0.3, -0.25) is 0 Å².